The Morgan fingerprint density at radius 2 is 1.94 bits per heavy atom. The molecule has 0 aromatic heterocycles. The number of benzene rings is 2. The first kappa shape index (κ1) is 25.6. The molecule has 1 aliphatic heterocycles. The summed E-state index contributed by atoms with van der Waals surface area (Å²) in [6.07, 6.45) is 4.13. The first-order valence-electron chi connectivity index (χ1n) is 11.0. The van der Waals surface area contributed by atoms with Crippen LogP contribution in [0.3, 0.4) is 0 Å². The smallest absolute Gasteiger partial charge is 0.229 e. The average molecular weight is 509 g/mol. The fourth-order valence-corrected chi connectivity index (χ4v) is 6.29. The summed E-state index contributed by atoms with van der Waals surface area (Å²) < 4.78 is 0. The van der Waals surface area contributed by atoms with E-state index in [2.05, 4.69) is 56.2 Å². The monoisotopic (exact) mass is 507 g/mol. The lowest BCUT2D eigenvalue weighted by Crippen LogP contribution is -2.56. The summed E-state index contributed by atoms with van der Waals surface area (Å²) in [6, 6.07) is 16.0. The van der Waals surface area contributed by atoms with Crippen LogP contribution in [0.25, 0.3) is 0 Å². The van der Waals surface area contributed by atoms with Crippen LogP contribution in [0, 0.1) is 5.41 Å². The van der Waals surface area contributed by atoms with Gasteiger partial charge in [0, 0.05) is 32.8 Å². The molecular weight excluding hydrogens is 477 g/mol. The number of thioether (sulfide) groups is 1. The number of hydrogen-bond donors (Lipinski definition) is 1. The van der Waals surface area contributed by atoms with Gasteiger partial charge >= 0.3 is 0 Å². The van der Waals surface area contributed by atoms with Gasteiger partial charge in [-0.3, -0.25) is 4.79 Å². The topological polar surface area (TPSA) is 20.3 Å². The van der Waals surface area contributed by atoms with E-state index in [-0.39, 0.29) is 23.9 Å². The fraction of sp³-hybridized carbons (Fsp3) is 0.423. The SMILES string of the molecule is C=CC[C@@]1(C)C[C@H](c2cccc(Cl)c2)[C@@H](c2ccc(Cl)cc2)N([C@@H](CC)CSCS)C1=O. The van der Waals surface area contributed by atoms with Gasteiger partial charge in [-0.25, -0.2) is 0 Å². The third-order valence-corrected chi connectivity index (χ3v) is 8.29. The third kappa shape index (κ3) is 5.52. The molecule has 3 rings (SSSR count). The first-order chi connectivity index (χ1) is 15.3. The molecular formula is C26H31Cl2NOS2. The number of carbonyl (C=O) groups is 1. The van der Waals surface area contributed by atoms with E-state index in [0.717, 1.165) is 34.8 Å². The molecule has 4 atom stereocenters. The minimum absolute atomic E-state index is 0.0957. The van der Waals surface area contributed by atoms with Crippen LogP contribution in [-0.4, -0.2) is 27.7 Å². The molecule has 0 unspecified atom stereocenters. The predicted octanol–water partition coefficient (Wildman–Crippen LogP) is 8.03. The van der Waals surface area contributed by atoms with Crippen LogP contribution in [0.2, 0.25) is 10.0 Å². The second kappa shape index (κ2) is 11.4. The molecule has 0 radical (unpaired) electrons. The zero-order chi connectivity index (χ0) is 23.3. The summed E-state index contributed by atoms with van der Waals surface area (Å²) in [7, 11) is 0. The first-order valence-corrected chi connectivity index (χ1v) is 13.5. The van der Waals surface area contributed by atoms with Crippen molar-refractivity contribution in [2.24, 2.45) is 5.41 Å². The third-order valence-electron chi connectivity index (χ3n) is 6.45. The summed E-state index contributed by atoms with van der Waals surface area (Å²) in [5.41, 5.74) is 1.74. The number of allylic oxidation sites excluding steroid dienone is 1. The van der Waals surface area contributed by atoms with E-state index in [0.29, 0.717) is 16.5 Å². The van der Waals surface area contributed by atoms with E-state index in [1.165, 1.54) is 0 Å². The number of amides is 1. The Labute approximate surface area is 212 Å². The van der Waals surface area contributed by atoms with Crippen LogP contribution in [0.5, 0.6) is 0 Å². The van der Waals surface area contributed by atoms with E-state index in [1.807, 2.05) is 36.4 Å². The molecule has 0 spiro atoms. The Hall–Kier alpha value is -1.07. The van der Waals surface area contributed by atoms with Crippen molar-refractivity contribution in [3.8, 4) is 0 Å². The summed E-state index contributed by atoms with van der Waals surface area (Å²) in [4.78, 5) is 16.2. The number of likely N-dealkylation sites (tertiary alicyclic amines) is 1. The van der Waals surface area contributed by atoms with Gasteiger partial charge in [-0.05, 0) is 54.7 Å². The number of thiol groups is 1. The normalized spacial score (nSPS) is 24.4. The highest BCUT2D eigenvalue weighted by Gasteiger charge is 2.50. The average Bonchev–Trinajstić information content (AvgIpc) is 2.77. The lowest BCUT2D eigenvalue weighted by molar-refractivity contribution is -0.153. The van der Waals surface area contributed by atoms with Crippen LogP contribution in [0.1, 0.15) is 56.2 Å². The van der Waals surface area contributed by atoms with Crippen molar-refractivity contribution < 1.29 is 4.79 Å². The van der Waals surface area contributed by atoms with E-state index in [4.69, 9.17) is 23.2 Å². The molecule has 6 heteroatoms. The second-order valence-corrected chi connectivity index (χ2v) is 11.3. The van der Waals surface area contributed by atoms with Gasteiger partial charge < -0.3 is 4.90 Å². The predicted molar refractivity (Wildman–Crippen MR) is 143 cm³/mol. The molecule has 2 aromatic carbocycles. The quantitative estimate of drug-likeness (QED) is 0.210. The molecule has 172 valence electrons. The van der Waals surface area contributed by atoms with Gasteiger partial charge in [0.15, 0.2) is 0 Å². The Morgan fingerprint density at radius 1 is 1.22 bits per heavy atom. The molecule has 1 heterocycles. The van der Waals surface area contributed by atoms with Crippen LogP contribution in [0.15, 0.2) is 61.2 Å². The van der Waals surface area contributed by atoms with E-state index >= 15 is 0 Å². The van der Waals surface area contributed by atoms with Gasteiger partial charge in [0.2, 0.25) is 5.91 Å². The summed E-state index contributed by atoms with van der Waals surface area (Å²) in [5.74, 6) is 1.15. The number of halogens is 2. The van der Waals surface area contributed by atoms with Crippen molar-refractivity contribution >= 4 is 53.5 Å². The van der Waals surface area contributed by atoms with Gasteiger partial charge in [0.25, 0.3) is 0 Å². The Bertz CT molecular complexity index is 936. The summed E-state index contributed by atoms with van der Waals surface area (Å²) >= 11 is 18.8. The number of piperidine rings is 1. The maximum atomic E-state index is 14.1. The molecule has 1 amide bonds. The molecule has 32 heavy (non-hydrogen) atoms. The van der Waals surface area contributed by atoms with Crippen molar-refractivity contribution in [2.45, 2.75) is 51.1 Å². The van der Waals surface area contributed by atoms with Crippen LogP contribution in [0.4, 0.5) is 0 Å². The second-order valence-electron chi connectivity index (χ2n) is 8.69. The number of nitrogens with zero attached hydrogens (tertiary/aromatic N) is 1. The molecule has 0 N–H and O–H groups in total. The minimum atomic E-state index is -0.517. The molecule has 1 saturated heterocycles. The van der Waals surface area contributed by atoms with Gasteiger partial charge in [0.1, 0.15) is 0 Å². The highest BCUT2D eigenvalue weighted by Crippen LogP contribution is 2.52. The van der Waals surface area contributed by atoms with Crippen molar-refractivity contribution in [3.05, 3.63) is 82.4 Å². The largest absolute Gasteiger partial charge is 0.331 e. The van der Waals surface area contributed by atoms with E-state index < -0.39 is 5.41 Å². The zero-order valence-electron chi connectivity index (χ0n) is 18.6. The fourth-order valence-electron chi connectivity index (χ4n) is 4.87. The molecule has 2 aromatic rings. The van der Waals surface area contributed by atoms with E-state index in [9.17, 15) is 4.79 Å². The molecule has 0 bridgehead atoms. The maximum Gasteiger partial charge on any atom is 0.229 e. The highest BCUT2D eigenvalue weighted by molar-refractivity contribution is 8.09. The van der Waals surface area contributed by atoms with Crippen LogP contribution >= 0.6 is 47.6 Å². The lowest BCUT2D eigenvalue weighted by atomic mass is 9.67. The number of hydrogen-bond acceptors (Lipinski definition) is 3. The molecule has 2 nitrogen and oxygen atoms in total. The Kier molecular flexibility index (Phi) is 9.08. The summed E-state index contributed by atoms with van der Waals surface area (Å²) in [6.45, 7) is 8.19. The van der Waals surface area contributed by atoms with Gasteiger partial charge in [-0.2, -0.15) is 12.6 Å². The molecule has 1 aliphatic rings. The number of carbonyl (C=O) groups excluding carboxylic acids is 1. The van der Waals surface area contributed by atoms with Gasteiger partial charge in [-0.15, -0.1) is 18.3 Å². The van der Waals surface area contributed by atoms with Crippen LogP contribution in [-0.2, 0) is 4.79 Å². The molecule has 0 saturated carbocycles. The highest BCUT2D eigenvalue weighted by atomic mass is 35.5. The molecule has 1 fully saturated rings. The van der Waals surface area contributed by atoms with Gasteiger partial charge in [-0.1, -0.05) is 67.4 Å². The summed E-state index contributed by atoms with van der Waals surface area (Å²) in [5, 5.41) is 2.13. The van der Waals surface area contributed by atoms with Crippen molar-refractivity contribution in [1.29, 1.82) is 0 Å². The van der Waals surface area contributed by atoms with Crippen molar-refractivity contribution in [1.82, 2.24) is 4.90 Å². The van der Waals surface area contributed by atoms with Crippen LogP contribution < -0.4 is 0 Å². The minimum Gasteiger partial charge on any atom is -0.331 e. The number of rotatable bonds is 9. The molecule has 0 aliphatic carbocycles. The Balaban J connectivity index is 2.20. The standard InChI is InChI=1S/C26H31Cl2NOS2/c1-4-13-26(3)15-23(19-7-6-8-21(28)14-19)24(18-9-11-20(27)12-10-18)29(25(26)30)22(5-2)16-32-17-31/h4,6-12,14,22-24,31H,1,5,13,15-17H2,2-3H3/t22-,23+,24+,26-/m0/s1. The van der Waals surface area contributed by atoms with Crippen molar-refractivity contribution in [3.63, 3.8) is 0 Å². The van der Waals surface area contributed by atoms with Crippen molar-refractivity contribution in [2.75, 3.05) is 10.8 Å². The lowest BCUT2D eigenvalue weighted by Gasteiger charge is -2.52. The zero-order valence-corrected chi connectivity index (χ0v) is 21.9. The Morgan fingerprint density at radius 3 is 2.53 bits per heavy atom. The maximum absolute atomic E-state index is 14.1. The van der Waals surface area contributed by atoms with E-state index in [1.54, 1.807) is 11.8 Å². The van der Waals surface area contributed by atoms with Gasteiger partial charge in [0.05, 0.1) is 11.5 Å².